The molecule has 3 aromatic rings. The Hall–Kier alpha value is -3.15. The highest BCUT2D eigenvalue weighted by atomic mass is 16.5. The summed E-state index contributed by atoms with van der Waals surface area (Å²) in [4.78, 5) is 16.3. The standard InChI is InChI=1S/C17H16N4O2/c1-11-5-3-4-6-15(11)19-14-8-13(9-18-10-14)17(22)20-16-7-12(2)23-21-16/h3-10,19H,1-2H3,(H,20,21,22). The first-order valence-corrected chi connectivity index (χ1v) is 7.14. The number of rotatable bonds is 4. The molecule has 1 amide bonds. The van der Waals surface area contributed by atoms with Crippen LogP contribution >= 0.6 is 0 Å². The minimum absolute atomic E-state index is 0.292. The van der Waals surface area contributed by atoms with Crippen LogP contribution < -0.4 is 10.6 Å². The van der Waals surface area contributed by atoms with Gasteiger partial charge in [-0.1, -0.05) is 23.4 Å². The zero-order chi connectivity index (χ0) is 16.2. The van der Waals surface area contributed by atoms with Crippen LogP contribution in [0.5, 0.6) is 0 Å². The molecule has 0 fully saturated rings. The highest BCUT2D eigenvalue weighted by Gasteiger charge is 2.10. The summed E-state index contributed by atoms with van der Waals surface area (Å²) in [7, 11) is 0. The number of hydrogen-bond acceptors (Lipinski definition) is 5. The van der Waals surface area contributed by atoms with Crippen molar-refractivity contribution in [2.45, 2.75) is 13.8 Å². The Morgan fingerprint density at radius 1 is 1.13 bits per heavy atom. The first-order valence-electron chi connectivity index (χ1n) is 7.14. The number of aryl methyl sites for hydroxylation is 2. The lowest BCUT2D eigenvalue weighted by Gasteiger charge is -2.10. The fourth-order valence-electron chi connectivity index (χ4n) is 2.11. The topological polar surface area (TPSA) is 80.0 Å². The van der Waals surface area contributed by atoms with Gasteiger partial charge in [0.05, 0.1) is 17.4 Å². The molecule has 2 heterocycles. The first-order chi connectivity index (χ1) is 11.1. The molecule has 23 heavy (non-hydrogen) atoms. The zero-order valence-corrected chi connectivity index (χ0v) is 12.8. The number of para-hydroxylation sites is 1. The van der Waals surface area contributed by atoms with E-state index in [1.807, 2.05) is 31.2 Å². The number of anilines is 3. The van der Waals surface area contributed by atoms with E-state index >= 15 is 0 Å². The van der Waals surface area contributed by atoms with Crippen molar-refractivity contribution in [1.82, 2.24) is 10.1 Å². The molecule has 0 aliphatic carbocycles. The Bertz CT molecular complexity index is 842. The summed E-state index contributed by atoms with van der Waals surface area (Å²) >= 11 is 0. The highest BCUT2D eigenvalue weighted by molar-refractivity contribution is 6.04. The number of hydrogen-bond donors (Lipinski definition) is 2. The van der Waals surface area contributed by atoms with Gasteiger partial charge in [-0.15, -0.1) is 0 Å². The Morgan fingerprint density at radius 2 is 1.96 bits per heavy atom. The average Bonchev–Trinajstić information content (AvgIpc) is 2.95. The van der Waals surface area contributed by atoms with Crippen LogP contribution in [0.25, 0.3) is 0 Å². The predicted octanol–water partition coefficient (Wildman–Crippen LogP) is 3.68. The number of aromatic nitrogens is 2. The van der Waals surface area contributed by atoms with E-state index in [1.165, 1.54) is 6.20 Å². The van der Waals surface area contributed by atoms with Gasteiger partial charge in [0.25, 0.3) is 5.91 Å². The molecule has 6 heteroatoms. The maximum absolute atomic E-state index is 12.2. The van der Waals surface area contributed by atoms with Gasteiger partial charge in [0, 0.05) is 18.0 Å². The Kier molecular flexibility index (Phi) is 4.05. The van der Waals surface area contributed by atoms with E-state index < -0.39 is 0 Å². The van der Waals surface area contributed by atoms with Crippen molar-refractivity contribution in [3.8, 4) is 0 Å². The summed E-state index contributed by atoms with van der Waals surface area (Å²) in [6, 6.07) is 11.3. The van der Waals surface area contributed by atoms with Gasteiger partial charge in [0.1, 0.15) is 5.76 Å². The van der Waals surface area contributed by atoms with Crippen LogP contribution in [-0.2, 0) is 0 Å². The van der Waals surface area contributed by atoms with Gasteiger partial charge in [-0.05, 0) is 31.5 Å². The van der Waals surface area contributed by atoms with Crippen molar-refractivity contribution in [1.29, 1.82) is 0 Å². The van der Waals surface area contributed by atoms with Gasteiger partial charge in [-0.3, -0.25) is 9.78 Å². The Balaban J connectivity index is 1.77. The molecule has 2 N–H and O–H groups in total. The maximum atomic E-state index is 12.2. The average molecular weight is 308 g/mol. The lowest BCUT2D eigenvalue weighted by atomic mass is 10.2. The van der Waals surface area contributed by atoms with Crippen LogP contribution in [0.15, 0.2) is 53.3 Å². The molecule has 0 atom stereocenters. The number of nitrogens with one attached hydrogen (secondary N) is 2. The fraction of sp³-hybridized carbons (Fsp3) is 0.118. The largest absolute Gasteiger partial charge is 0.360 e. The summed E-state index contributed by atoms with van der Waals surface area (Å²) in [5.74, 6) is 0.720. The third-order valence-electron chi connectivity index (χ3n) is 3.29. The van der Waals surface area contributed by atoms with Gasteiger partial charge >= 0.3 is 0 Å². The van der Waals surface area contributed by atoms with Crippen molar-refractivity contribution in [3.63, 3.8) is 0 Å². The summed E-state index contributed by atoms with van der Waals surface area (Å²) < 4.78 is 4.92. The number of carbonyl (C=O) groups is 1. The van der Waals surface area contributed by atoms with Gasteiger partial charge in [0.2, 0.25) is 0 Å². The summed E-state index contributed by atoms with van der Waals surface area (Å²) in [5, 5.41) is 9.67. The fourth-order valence-corrected chi connectivity index (χ4v) is 2.11. The van der Waals surface area contributed by atoms with E-state index in [9.17, 15) is 4.79 Å². The van der Waals surface area contributed by atoms with E-state index in [2.05, 4.69) is 20.8 Å². The Labute approximate surface area is 133 Å². The predicted molar refractivity (Wildman–Crippen MR) is 87.9 cm³/mol. The van der Waals surface area contributed by atoms with Crippen LogP contribution in [0.3, 0.4) is 0 Å². The van der Waals surface area contributed by atoms with E-state index in [0.717, 1.165) is 16.9 Å². The molecule has 0 saturated heterocycles. The number of benzene rings is 1. The molecule has 0 radical (unpaired) electrons. The van der Waals surface area contributed by atoms with E-state index in [4.69, 9.17) is 4.52 Å². The molecule has 0 aliphatic heterocycles. The van der Waals surface area contributed by atoms with Crippen LogP contribution in [0, 0.1) is 13.8 Å². The molecule has 0 unspecified atom stereocenters. The monoisotopic (exact) mass is 308 g/mol. The smallest absolute Gasteiger partial charge is 0.258 e. The van der Waals surface area contributed by atoms with Gasteiger partial charge < -0.3 is 15.2 Å². The van der Waals surface area contributed by atoms with Crippen molar-refractivity contribution < 1.29 is 9.32 Å². The molecule has 0 bridgehead atoms. The quantitative estimate of drug-likeness (QED) is 0.768. The summed E-state index contributed by atoms with van der Waals surface area (Å²) in [6.45, 7) is 3.77. The molecule has 3 rings (SSSR count). The van der Waals surface area contributed by atoms with E-state index in [-0.39, 0.29) is 5.91 Å². The molecule has 0 saturated carbocycles. The minimum Gasteiger partial charge on any atom is -0.360 e. The molecular weight excluding hydrogens is 292 g/mol. The SMILES string of the molecule is Cc1cc(NC(=O)c2cncc(Nc3ccccc3C)c2)no1. The Morgan fingerprint density at radius 3 is 2.70 bits per heavy atom. The minimum atomic E-state index is -0.292. The second-order valence-corrected chi connectivity index (χ2v) is 5.18. The molecule has 6 nitrogen and oxygen atoms in total. The molecule has 2 aromatic heterocycles. The third-order valence-corrected chi connectivity index (χ3v) is 3.29. The summed E-state index contributed by atoms with van der Waals surface area (Å²) in [5.41, 5.74) is 3.26. The van der Waals surface area contributed by atoms with Crippen LogP contribution in [0.2, 0.25) is 0 Å². The number of nitrogens with zero attached hydrogens (tertiary/aromatic N) is 2. The number of amides is 1. The second-order valence-electron chi connectivity index (χ2n) is 5.18. The van der Waals surface area contributed by atoms with Crippen LogP contribution in [-0.4, -0.2) is 16.0 Å². The first kappa shape index (κ1) is 14.8. The van der Waals surface area contributed by atoms with Crippen molar-refractivity contribution in [3.05, 3.63) is 65.7 Å². The maximum Gasteiger partial charge on any atom is 0.258 e. The van der Waals surface area contributed by atoms with Crippen LogP contribution in [0.4, 0.5) is 17.2 Å². The molecule has 1 aromatic carbocycles. The third kappa shape index (κ3) is 3.55. The molecule has 0 spiro atoms. The van der Waals surface area contributed by atoms with Crippen molar-refractivity contribution in [2.24, 2.45) is 0 Å². The van der Waals surface area contributed by atoms with Gasteiger partial charge in [0.15, 0.2) is 5.82 Å². The normalized spacial score (nSPS) is 10.3. The van der Waals surface area contributed by atoms with E-state index in [1.54, 1.807) is 25.3 Å². The lowest BCUT2D eigenvalue weighted by molar-refractivity contribution is 0.102. The van der Waals surface area contributed by atoms with Crippen molar-refractivity contribution in [2.75, 3.05) is 10.6 Å². The number of carbonyl (C=O) groups excluding carboxylic acids is 1. The van der Waals surface area contributed by atoms with E-state index in [0.29, 0.717) is 17.1 Å². The second kappa shape index (κ2) is 6.31. The zero-order valence-electron chi connectivity index (χ0n) is 12.8. The number of pyridine rings is 1. The van der Waals surface area contributed by atoms with Gasteiger partial charge in [-0.2, -0.15) is 0 Å². The molecule has 0 aliphatic rings. The summed E-state index contributed by atoms with van der Waals surface area (Å²) in [6.07, 6.45) is 3.18. The molecular formula is C17H16N4O2. The van der Waals surface area contributed by atoms with Crippen molar-refractivity contribution >= 4 is 23.1 Å². The van der Waals surface area contributed by atoms with Gasteiger partial charge in [-0.25, -0.2) is 0 Å². The van der Waals surface area contributed by atoms with Crippen LogP contribution in [0.1, 0.15) is 21.7 Å². The highest BCUT2D eigenvalue weighted by Crippen LogP contribution is 2.20. The molecule has 116 valence electrons. The lowest BCUT2D eigenvalue weighted by Crippen LogP contribution is -2.12.